The Hall–Kier alpha value is -1.01. The van der Waals surface area contributed by atoms with Crippen LogP contribution in [0.1, 0.15) is 48.0 Å². The van der Waals surface area contributed by atoms with Crippen LogP contribution in [-0.2, 0) is 0 Å². The molecule has 0 bridgehead atoms. The minimum Gasteiger partial charge on any atom is -0.336 e. The summed E-state index contributed by atoms with van der Waals surface area (Å²) in [5.74, 6) is 0.0923. The highest BCUT2D eigenvalue weighted by Gasteiger charge is 2.24. The standard InChI is InChI=1S/C13H22N4OS/c1-3-4-8-17(9-11-6-5-7-14-11)13(18)12-10(2)15-16-19-12/h11,14H,3-9H2,1-2H3. The van der Waals surface area contributed by atoms with Gasteiger partial charge in [-0.05, 0) is 44.3 Å². The molecule has 0 spiro atoms. The number of hydrogen-bond acceptors (Lipinski definition) is 5. The molecule has 1 amide bonds. The van der Waals surface area contributed by atoms with Crippen LogP contribution >= 0.6 is 11.5 Å². The van der Waals surface area contributed by atoms with E-state index in [1.807, 2.05) is 11.8 Å². The van der Waals surface area contributed by atoms with E-state index in [1.165, 1.54) is 18.0 Å². The Kier molecular flexibility index (Phi) is 5.27. The first-order valence-corrected chi connectivity index (χ1v) is 7.81. The summed E-state index contributed by atoms with van der Waals surface area (Å²) in [6.07, 6.45) is 4.52. The highest BCUT2D eigenvalue weighted by molar-refractivity contribution is 7.07. The van der Waals surface area contributed by atoms with E-state index in [2.05, 4.69) is 21.8 Å². The van der Waals surface area contributed by atoms with Gasteiger partial charge in [0.1, 0.15) is 4.88 Å². The van der Waals surface area contributed by atoms with Crippen LogP contribution < -0.4 is 5.32 Å². The van der Waals surface area contributed by atoms with Crippen LogP contribution in [0.5, 0.6) is 0 Å². The lowest BCUT2D eigenvalue weighted by atomic mass is 10.2. The molecule has 1 N–H and O–H groups in total. The number of unbranched alkanes of at least 4 members (excludes halogenated alkanes) is 1. The number of nitrogens with zero attached hydrogens (tertiary/aromatic N) is 3. The number of nitrogens with one attached hydrogen (secondary N) is 1. The summed E-state index contributed by atoms with van der Waals surface area (Å²) in [5.41, 5.74) is 0.746. The van der Waals surface area contributed by atoms with Gasteiger partial charge in [-0.15, -0.1) is 5.10 Å². The molecular formula is C13H22N4OS. The van der Waals surface area contributed by atoms with Crippen molar-refractivity contribution in [3.63, 3.8) is 0 Å². The van der Waals surface area contributed by atoms with E-state index < -0.39 is 0 Å². The zero-order valence-corrected chi connectivity index (χ0v) is 12.5. The number of rotatable bonds is 6. The molecule has 0 radical (unpaired) electrons. The fourth-order valence-electron chi connectivity index (χ4n) is 2.37. The molecule has 0 aromatic carbocycles. The van der Waals surface area contributed by atoms with Crippen LogP contribution in [0.3, 0.4) is 0 Å². The topological polar surface area (TPSA) is 58.1 Å². The van der Waals surface area contributed by atoms with E-state index >= 15 is 0 Å². The van der Waals surface area contributed by atoms with Crippen molar-refractivity contribution in [2.75, 3.05) is 19.6 Å². The third kappa shape index (κ3) is 3.73. The monoisotopic (exact) mass is 282 g/mol. The number of aromatic nitrogens is 2. The first-order chi connectivity index (χ1) is 9.22. The largest absolute Gasteiger partial charge is 0.336 e. The predicted octanol–water partition coefficient (Wildman–Crippen LogP) is 1.84. The average molecular weight is 282 g/mol. The summed E-state index contributed by atoms with van der Waals surface area (Å²) < 4.78 is 3.87. The van der Waals surface area contributed by atoms with E-state index in [-0.39, 0.29) is 5.91 Å². The minimum atomic E-state index is 0.0923. The van der Waals surface area contributed by atoms with Crippen molar-refractivity contribution in [2.24, 2.45) is 0 Å². The zero-order valence-electron chi connectivity index (χ0n) is 11.7. The lowest BCUT2D eigenvalue weighted by Gasteiger charge is -2.25. The fourth-order valence-corrected chi connectivity index (χ4v) is 3.00. The normalized spacial score (nSPS) is 18.7. The van der Waals surface area contributed by atoms with Crippen LogP contribution in [0, 0.1) is 6.92 Å². The molecule has 1 fully saturated rings. The Bertz CT molecular complexity index is 415. The maximum Gasteiger partial charge on any atom is 0.267 e. The molecular weight excluding hydrogens is 260 g/mol. The third-order valence-corrected chi connectivity index (χ3v) is 4.33. The maximum atomic E-state index is 12.5. The number of amides is 1. The highest BCUT2D eigenvalue weighted by Crippen LogP contribution is 2.15. The second-order valence-electron chi connectivity index (χ2n) is 5.09. The maximum absolute atomic E-state index is 12.5. The summed E-state index contributed by atoms with van der Waals surface area (Å²) in [6.45, 7) is 6.70. The van der Waals surface area contributed by atoms with E-state index in [0.29, 0.717) is 10.9 Å². The number of carbonyl (C=O) groups excluding carboxylic acids is 1. The van der Waals surface area contributed by atoms with Crippen LogP contribution in [-0.4, -0.2) is 46.1 Å². The van der Waals surface area contributed by atoms with Crippen LogP contribution in [0.4, 0.5) is 0 Å². The molecule has 1 aromatic heterocycles. The van der Waals surface area contributed by atoms with E-state index in [0.717, 1.165) is 44.6 Å². The summed E-state index contributed by atoms with van der Waals surface area (Å²) >= 11 is 1.20. The molecule has 2 rings (SSSR count). The molecule has 2 heterocycles. The van der Waals surface area contributed by atoms with Gasteiger partial charge in [-0.2, -0.15) is 0 Å². The average Bonchev–Trinajstić information content (AvgIpc) is 3.05. The summed E-state index contributed by atoms with van der Waals surface area (Å²) in [6, 6.07) is 0.446. The van der Waals surface area contributed by atoms with Crippen molar-refractivity contribution < 1.29 is 4.79 Å². The van der Waals surface area contributed by atoms with E-state index in [4.69, 9.17) is 0 Å². The van der Waals surface area contributed by atoms with Gasteiger partial charge in [0.15, 0.2) is 0 Å². The fraction of sp³-hybridized carbons (Fsp3) is 0.769. The van der Waals surface area contributed by atoms with Crippen molar-refractivity contribution in [1.29, 1.82) is 0 Å². The van der Waals surface area contributed by atoms with Gasteiger partial charge >= 0.3 is 0 Å². The van der Waals surface area contributed by atoms with Crippen molar-refractivity contribution in [3.05, 3.63) is 10.6 Å². The molecule has 1 saturated heterocycles. The van der Waals surface area contributed by atoms with E-state index in [9.17, 15) is 4.79 Å². The molecule has 1 aromatic rings. The molecule has 1 aliphatic rings. The Morgan fingerprint density at radius 2 is 2.42 bits per heavy atom. The summed E-state index contributed by atoms with van der Waals surface area (Å²) in [7, 11) is 0. The SMILES string of the molecule is CCCCN(CC1CCCN1)C(=O)c1snnc1C. The molecule has 0 saturated carbocycles. The molecule has 1 aliphatic heterocycles. The predicted molar refractivity (Wildman–Crippen MR) is 76.5 cm³/mol. The van der Waals surface area contributed by atoms with Crippen molar-refractivity contribution in [2.45, 2.75) is 45.6 Å². The van der Waals surface area contributed by atoms with Crippen molar-refractivity contribution in [3.8, 4) is 0 Å². The Morgan fingerprint density at radius 3 is 3.00 bits per heavy atom. The summed E-state index contributed by atoms with van der Waals surface area (Å²) in [4.78, 5) is 15.2. The van der Waals surface area contributed by atoms with Crippen LogP contribution in [0.2, 0.25) is 0 Å². The smallest absolute Gasteiger partial charge is 0.267 e. The number of aryl methyl sites for hydroxylation is 1. The quantitative estimate of drug-likeness (QED) is 0.865. The second-order valence-corrected chi connectivity index (χ2v) is 5.84. The van der Waals surface area contributed by atoms with Crippen molar-refractivity contribution in [1.82, 2.24) is 19.8 Å². The molecule has 1 unspecified atom stereocenters. The van der Waals surface area contributed by atoms with Crippen LogP contribution in [0.25, 0.3) is 0 Å². The van der Waals surface area contributed by atoms with Gasteiger partial charge in [-0.25, -0.2) is 0 Å². The van der Waals surface area contributed by atoms with Gasteiger partial charge in [0.25, 0.3) is 5.91 Å². The first kappa shape index (κ1) is 14.4. The first-order valence-electron chi connectivity index (χ1n) is 7.04. The Morgan fingerprint density at radius 1 is 1.58 bits per heavy atom. The molecule has 0 aliphatic carbocycles. The number of hydrogen-bond donors (Lipinski definition) is 1. The van der Waals surface area contributed by atoms with Gasteiger partial charge in [-0.1, -0.05) is 17.8 Å². The minimum absolute atomic E-state index is 0.0923. The van der Waals surface area contributed by atoms with Gasteiger partial charge in [0.2, 0.25) is 0 Å². The molecule has 106 valence electrons. The van der Waals surface area contributed by atoms with Gasteiger partial charge in [-0.3, -0.25) is 4.79 Å². The molecule has 6 heteroatoms. The molecule has 5 nitrogen and oxygen atoms in total. The lowest BCUT2D eigenvalue weighted by Crippen LogP contribution is -2.41. The van der Waals surface area contributed by atoms with Gasteiger partial charge in [0, 0.05) is 19.1 Å². The van der Waals surface area contributed by atoms with Crippen molar-refractivity contribution >= 4 is 17.4 Å². The van der Waals surface area contributed by atoms with Crippen LogP contribution in [0.15, 0.2) is 0 Å². The summed E-state index contributed by atoms with van der Waals surface area (Å²) in [5, 5.41) is 7.39. The van der Waals surface area contributed by atoms with Gasteiger partial charge < -0.3 is 10.2 Å². The molecule has 19 heavy (non-hydrogen) atoms. The lowest BCUT2D eigenvalue weighted by molar-refractivity contribution is 0.0743. The Labute approximate surface area is 118 Å². The van der Waals surface area contributed by atoms with Gasteiger partial charge in [0.05, 0.1) is 5.69 Å². The zero-order chi connectivity index (χ0) is 13.7. The third-order valence-electron chi connectivity index (χ3n) is 3.52. The molecule has 1 atom stereocenters. The second kappa shape index (κ2) is 6.96. The highest BCUT2D eigenvalue weighted by atomic mass is 32.1. The van der Waals surface area contributed by atoms with E-state index in [1.54, 1.807) is 0 Å². The Balaban J connectivity index is 2.03. The number of carbonyl (C=O) groups is 1.